The Kier molecular flexibility index (Phi) is 5.16. The molecule has 112 valence electrons. The van der Waals surface area contributed by atoms with E-state index in [2.05, 4.69) is 15.9 Å². The van der Waals surface area contributed by atoms with Crippen LogP contribution in [0.25, 0.3) is 0 Å². The fourth-order valence-electron chi connectivity index (χ4n) is 1.57. The number of sulfonamides is 1. The molecule has 0 radical (unpaired) electrons. The van der Waals surface area contributed by atoms with Crippen molar-refractivity contribution >= 4 is 49.2 Å². The molecule has 4 nitrogen and oxygen atoms in total. The zero-order valence-electron chi connectivity index (χ0n) is 10.5. The van der Waals surface area contributed by atoms with E-state index in [4.69, 9.17) is 33.1 Å². The first-order valence-corrected chi connectivity index (χ1v) is 8.76. The third kappa shape index (κ3) is 4.34. The molecule has 0 atom stereocenters. The lowest BCUT2D eigenvalue weighted by Gasteiger charge is -2.10. The number of halogens is 3. The lowest BCUT2D eigenvalue weighted by Crippen LogP contribution is -2.12. The van der Waals surface area contributed by atoms with E-state index < -0.39 is 10.0 Å². The molecule has 0 unspecified atom stereocenters. The van der Waals surface area contributed by atoms with E-state index >= 15 is 0 Å². The number of nitrogens with two attached hydrogens (primary N) is 1. The van der Waals surface area contributed by atoms with E-state index in [1.54, 1.807) is 6.07 Å². The highest BCUT2D eigenvalue weighted by atomic mass is 79.9. The van der Waals surface area contributed by atoms with Gasteiger partial charge in [-0.2, -0.15) is 0 Å². The van der Waals surface area contributed by atoms with Gasteiger partial charge >= 0.3 is 0 Å². The predicted octanol–water partition coefficient (Wildman–Crippen LogP) is 3.98. The van der Waals surface area contributed by atoms with E-state index in [9.17, 15) is 8.42 Å². The van der Waals surface area contributed by atoms with Crippen LogP contribution in [0, 0.1) is 0 Å². The number of hydrogen-bond acceptors (Lipinski definition) is 3. The first-order valence-electron chi connectivity index (χ1n) is 5.66. The Morgan fingerprint density at radius 3 is 2.38 bits per heavy atom. The Hall–Kier alpha value is -0.790. The molecule has 21 heavy (non-hydrogen) atoms. The Labute approximate surface area is 141 Å². The van der Waals surface area contributed by atoms with Gasteiger partial charge in [-0.25, -0.2) is 13.6 Å². The van der Waals surface area contributed by atoms with Gasteiger partial charge in [0, 0.05) is 15.1 Å². The molecule has 0 fully saturated rings. The summed E-state index contributed by atoms with van der Waals surface area (Å²) >= 11 is 15.4. The minimum atomic E-state index is -3.79. The molecule has 0 aromatic heterocycles. The monoisotopic (exact) mass is 409 g/mol. The van der Waals surface area contributed by atoms with Crippen LogP contribution >= 0.6 is 39.1 Å². The molecule has 0 saturated carbocycles. The van der Waals surface area contributed by atoms with E-state index in [1.165, 1.54) is 18.2 Å². The summed E-state index contributed by atoms with van der Waals surface area (Å²) in [5.74, 6) is 0.350. The lowest BCUT2D eigenvalue weighted by atomic mass is 10.2. The molecular weight excluding hydrogens is 401 g/mol. The van der Waals surface area contributed by atoms with Gasteiger partial charge in [0.1, 0.15) is 12.4 Å². The first-order chi connectivity index (χ1) is 9.77. The van der Waals surface area contributed by atoms with Crippen molar-refractivity contribution in [1.82, 2.24) is 0 Å². The molecule has 0 amide bonds. The molecule has 0 aliphatic heterocycles. The number of ether oxygens (including phenoxy) is 1. The van der Waals surface area contributed by atoms with Crippen molar-refractivity contribution in [1.29, 1.82) is 0 Å². The third-order valence-electron chi connectivity index (χ3n) is 2.63. The van der Waals surface area contributed by atoms with E-state index in [-0.39, 0.29) is 16.5 Å². The van der Waals surface area contributed by atoms with Crippen molar-refractivity contribution in [2.45, 2.75) is 11.5 Å². The zero-order chi connectivity index (χ0) is 15.6. The molecule has 0 aliphatic rings. The Bertz CT molecular complexity index is 781. The molecule has 8 heteroatoms. The molecule has 2 aromatic rings. The van der Waals surface area contributed by atoms with Crippen LogP contribution in [0.4, 0.5) is 0 Å². The Morgan fingerprint density at radius 2 is 1.81 bits per heavy atom. The summed E-state index contributed by atoms with van der Waals surface area (Å²) in [7, 11) is -3.79. The quantitative estimate of drug-likeness (QED) is 0.828. The summed E-state index contributed by atoms with van der Waals surface area (Å²) in [6, 6.07) is 9.45. The average Bonchev–Trinajstić information content (AvgIpc) is 2.38. The second kappa shape index (κ2) is 6.54. The largest absolute Gasteiger partial charge is 0.487 e. The van der Waals surface area contributed by atoms with Crippen LogP contribution in [0.1, 0.15) is 5.56 Å². The fraction of sp³-hybridized carbons (Fsp3) is 0.0769. The van der Waals surface area contributed by atoms with Crippen LogP contribution in [-0.4, -0.2) is 8.42 Å². The number of benzene rings is 2. The lowest BCUT2D eigenvalue weighted by molar-refractivity contribution is 0.306. The van der Waals surface area contributed by atoms with Gasteiger partial charge in [-0.1, -0.05) is 45.2 Å². The van der Waals surface area contributed by atoms with Gasteiger partial charge in [0.05, 0.1) is 9.92 Å². The van der Waals surface area contributed by atoms with Crippen molar-refractivity contribution in [3.05, 3.63) is 56.5 Å². The van der Waals surface area contributed by atoms with Crippen molar-refractivity contribution in [2.75, 3.05) is 0 Å². The average molecular weight is 411 g/mol. The van der Waals surface area contributed by atoms with Crippen molar-refractivity contribution in [3.63, 3.8) is 0 Å². The number of hydrogen-bond donors (Lipinski definition) is 1. The molecule has 2 aromatic carbocycles. The summed E-state index contributed by atoms with van der Waals surface area (Å²) in [5.41, 5.74) is 0.784. The van der Waals surface area contributed by atoms with Gasteiger partial charge < -0.3 is 4.74 Å². The summed E-state index contributed by atoms with van der Waals surface area (Å²) in [6.07, 6.45) is 0. The highest BCUT2D eigenvalue weighted by Crippen LogP contribution is 2.29. The van der Waals surface area contributed by atoms with Gasteiger partial charge in [0.25, 0.3) is 0 Å². The normalized spacial score (nSPS) is 11.4. The number of rotatable bonds is 4. The minimum absolute atomic E-state index is 0.0680. The van der Waals surface area contributed by atoms with Crippen molar-refractivity contribution in [3.8, 4) is 5.75 Å². The van der Waals surface area contributed by atoms with Crippen LogP contribution in [-0.2, 0) is 16.6 Å². The smallest absolute Gasteiger partial charge is 0.238 e. The third-order valence-corrected chi connectivity index (χ3v) is 4.68. The molecule has 2 rings (SSSR count). The zero-order valence-corrected chi connectivity index (χ0v) is 14.4. The van der Waals surface area contributed by atoms with Crippen LogP contribution < -0.4 is 9.88 Å². The van der Waals surface area contributed by atoms with Crippen molar-refractivity contribution < 1.29 is 13.2 Å². The maximum atomic E-state index is 11.2. The highest BCUT2D eigenvalue weighted by Gasteiger charge is 2.11. The van der Waals surface area contributed by atoms with Crippen LogP contribution in [0.3, 0.4) is 0 Å². The second-order valence-electron chi connectivity index (χ2n) is 4.16. The van der Waals surface area contributed by atoms with Gasteiger partial charge in [-0.05, 0) is 30.3 Å². The second-order valence-corrected chi connectivity index (χ2v) is 7.45. The molecule has 2 N–H and O–H groups in total. The Balaban J connectivity index is 2.17. The minimum Gasteiger partial charge on any atom is -0.487 e. The maximum absolute atomic E-state index is 11.2. The van der Waals surface area contributed by atoms with Gasteiger partial charge in [0.2, 0.25) is 10.0 Å². The SMILES string of the molecule is NS(=O)(=O)c1ccc(OCc2ccc(Br)cc2Cl)c(Cl)c1. The van der Waals surface area contributed by atoms with Crippen molar-refractivity contribution in [2.24, 2.45) is 5.14 Å². The molecule has 0 bridgehead atoms. The fourth-order valence-corrected chi connectivity index (χ4v) is 3.14. The van der Waals surface area contributed by atoms with E-state index in [1.807, 2.05) is 12.1 Å². The summed E-state index contributed by atoms with van der Waals surface area (Å²) in [4.78, 5) is -0.0680. The van der Waals surface area contributed by atoms with E-state index in [0.717, 1.165) is 10.0 Å². The Morgan fingerprint density at radius 1 is 1.10 bits per heavy atom. The first kappa shape index (κ1) is 16.6. The number of primary sulfonamides is 1. The summed E-state index contributed by atoms with van der Waals surface area (Å²) < 4.78 is 28.8. The van der Waals surface area contributed by atoms with Crippen LogP contribution in [0.2, 0.25) is 10.0 Å². The predicted molar refractivity (Wildman–Crippen MR) is 86.3 cm³/mol. The molecule has 0 aliphatic carbocycles. The van der Waals surface area contributed by atoms with Gasteiger partial charge in [0.15, 0.2) is 0 Å². The highest BCUT2D eigenvalue weighted by molar-refractivity contribution is 9.10. The van der Waals surface area contributed by atoms with Gasteiger partial charge in [-0.3, -0.25) is 0 Å². The summed E-state index contributed by atoms with van der Waals surface area (Å²) in [5, 5.41) is 5.74. The molecule has 0 heterocycles. The van der Waals surface area contributed by atoms with Crippen LogP contribution in [0.5, 0.6) is 5.75 Å². The summed E-state index contributed by atoms with van der Waals surface area (Å²) in [6.45, 7) is 0.209. The van der Waals surface area contributed by atoms with Crippen LogP contribution in [0.15, 0.2) is 45.8 Å². The van der Waals surface area contributed by atoms with E-state index in [0.29, 0.717) is 10.8 Å². The van der Waals surface area contributed by atoms with Gasteiger partial charge in [-0.15, -0.1) is 0 Å². The molecule has 0 spiro atoms. The molecule has 0 saturated heterocycles. The molecular formula is C13H10BrCl2NO3S. The standard InChI is InChI=1S/C13H10BrCl2NO3S/c14-9-2-1-8(11(15)5-9)7-20-13-4-3-10(6-12(13)16)21(17,18)19/h1-6H,7H2,(H2,17,18,19). The topological polar surface area (TPSA) is 69.4 Å². The maximum Gasteiger partial charge on any atom is 0.238 e.